The van der Waals surface area contributed by atoms with Crippen LogP contribution in [0.2, 0.25) is 0 Å². The van der Waals surface area contributed by atoms with E-state index in [1.165, 1.54) is 24.2 Å². The standard InChI is InChI=1S/C32H26FN3O3/c1-35-21-34-29-19-25(14-15-30(29)35)24-12-13-26(28(33)18-24)20-36(32(38)23-8-4-3-5-9-23)27-10-6-7-22(17-27)11-16-31(37)39-2/h3-19,21H,20H2,1-2H3/b16-11+. The van der Waals surface area contributed by atoms with E-state index in [0.717, 1.165) is 22.2 Å². The number of imidazole rings is 1. The average Bonchev–Trinajstić information content (AvgIpc) is 3.35. The van der Waals surface area contributed by atoms with Gasteiger partial charge in [0.1, 0.15) is 5.82 Å². The summed E-state index contributed by atoms with van der Waals surface area (Å²) in [5.74, 6) is -1.17. The topological polar surface area (TPSA) is 64.4 Å². The summed E-state index contributed by atoms with van der Waals surface area (Å²) >= 11 is 0. The van der Waals surface area contributed by atoms with E-state index in [1.54, 1.807) is 60.9 Å². The summed E-state index contributed by atoms with van der Waals surface area (Å²) in [4.78, 5) is 31.1. The zero-order valence-corrected chi connectivity index (χ0v) is 21.5. The van der Waals surface area contributed by atoms with Gasteiger partial charge in [-0.1, -0.05) is 48.5 Å². The summed E-state index contributed by atoms with van der Waals surface area (Å²) in [6, 6.07) is 26.9. The molecule has 0 unspecified atom stereocenters. The Kier molecular flexibility index (Phi) is 7.32. The lowest BCUT2D eigenvalue weighted by Gasteiger charge is -2.24. The Labute approximate surface area is 225 Å². The normalized spacial score (nSPS) is 11.2. The van der Waals surface area contributed by atoms with Crippen LogP contribution in [-0.4, -0.2) is 28.5 Å². The molecule has 1 amide bonds. The first-order valence-corrected chi connectivity index (χ1v) is 12.4. The highest BCUT2D eigenvalue weighted by molar-refractivity contribution is 6.06. The summed E-state index contributed by atoms with van der Waals surface area (Å²) in [6.07, 6.45) is 4.66. The number of aromatic nitrogens is 2. The van der Waals surface area contributed by atoms with E-state index < -0.39 is 11.8 Å². The van der Waals surface area contributed by atoms with Crippen molar-refractivity contribution >= 4 is 34.7 Å². The molecule has 0 aliphatic rings. The minimum absolute atomic E-state index is 0.0171. The number of amides is 1. The minimum Gasteiger partial charge on any atom is -0.466 e. The molecule has 0 aliphatic carbocycles. The molecule has 39 heavy (non-hydrogen) atoms. The van der Waals surface area contributed by atoms with E-state index in [9.17, 15) is 9.59 Å². The predicted molar refractivity (Wildman–Crippen MR) is 151 cm³/mol. The van der Waals surface area contributed by atoms with Crippen molar-refractivity contribution in [2.45, 2.75) is 6.54 Å². The first-order chi connectivity index (χ1) is 18.9. The molecule has 5 aromatic rings. The quantitative estimate of drug-likeness (QED) is 0.184. The van der Waals surface area contributed by atoms with E-state index in [4.69, 9.17) is 0 Å². The minimum atomic E-state index is -0.484. The maximum atomic E-state index is 15.5. The van der Waals surface area contributed by atoms with Crippen LogP contribution in [0.5, 0.6) is 0 Å². The van der Waals surface area contributed by atoms with Gasteiger partial charge in [-0.15, -0.1) is 0 Å². The highest BCUT2D eigenvalue weighted by atomic mass is 19.1. The Morgan fingerprint density at radius 2 is 1.72 bits per heavy atom. The lowest BCUT2D eigenvalue weighted by molar-refractivity contribution is -0.134. The molecule has 0 saturated carbocycles. The van der Waals surface area contributed by atoms with E-state index in [-0.39, 0.29) is 12.5 Å². The summed E-state index contributed by atoms with van der Waals surface area (Å²) in [6.45, 7) is 0.0171. The maximum Gasteiger partial charge on any atom is 0.330 e. The molecule has 5 rings (SSSR count). The Morgan fingerprint density at radius 1 is 0.949 bits per heavy atom. The van der Waals surface area contributed by atoms with Gasteiger partial charge in [-0.05, 0) is 65.2 Å². The van der Waals surface area contributed by atoms with Gasteiger partial charge < -0.3 is 14.2 Å². The Hall–Kier alpha value is -5.04. The number of halogens is 1. The molecule has 0 aliphatic heterocycles. The SMILES string of the molecule is COC(=O)/C=C/c1cccc(N(Cc2ccc(-c3ccc4c(c3)ncn4C)cc2F)C(=O)c2ccccc2)c1. The van der Waals surface area contributed by atoms with E-state index in [0.29, 0.717) is 22.4 Å². The predicted octanol–water partition coefficient (Wildman–Crippen LogP) is 6.41. The lowest BCUT2D eigenvalue weighted by atomic mass is 10.0. The number of ether oxygens (including phenoxy) is 1. The summed E-state index contributed by atoms with van der Waals surface area (Å²) in [5, 5.41) is 0. The summed E-state index contributed by atoms with van der Waals surface area (Å²) in [7, 11) is 3.23. The van der Waals surface area contributed by atoms with Crippen LogP contribution in [0.3, 0.4) is 0 Å². The fraction of sp³-hybridized carbons (Fsp3) is 0.0938. The number of esters is 1. The van der Waals surface area contributed by atoms with Crippen molar-refractivity contribution in [2.75, 3.05) is 12.0 Å². The number of rotatable bonds is 7. The number of carbonyl (C=O) groups is 2. The van der Waals surface area contributed by atoms with Gasteiger partial charge in [0.05, 0.1) is 31.0 Å². The van der Waals surface area contributed by atoms with Crippen molar-refractivity contribution in [3.8, 4) is 11.1 Å². The van der Waals surface area contributed by atoms with Crippen molar-refractivity contribution in [1.82, 2.24) is 9.55 Å². The molecule has 6 nitrogen and oxygen atoms in total. The third-order valence-corrected chi connectivity index (χ3v) is 6.50. The molecule has 0 bridgehead atoms. The van der Waals surface area contributed by atoms with Crippen LogP contribution in [0.25, 0.3) is 28.2 Å². The third kappa shape index (κ3) is 5.62. The third-order valence-electron chi connectivity index (χ3n) is 6.50. The van der Waals surface area contributed by atoms with Gasteiger partial charge in [0, 0.05) is 29.9 Å². The molecule has 1 heterocycles. The number of nitrogens with zero attached hydrogens (tertiary/aromatic N) is 3. The lowest BCUT2D eigenvalue weighted by Crippen LogP contribution is -2.30. The van der Waals surface area contributed by atoms with Gasteiger partial charge in [0.15, 0.2) is 0 Å². The van der Waals surface area contributed by atoms with Crippen LogP contribution in [0.1, 0.15) is 21.5 Å². The molecule has 0 saturated heterocycles. The number of fused-ring (bicyclic) bond motifs is 1. The van der Waals surface area contributed by atoms with Crippen molar-refractivity contribution < 1.29 is 18.7 Å². The number of methoxy groups -OCH3 is 1. The molecule has 0 N–H and O–H groups in total. The van der Waals surface area contributed by atoms with Crippen LogP contribution < -0.4 is 4.90 Å². The molecule has 4 aromatic carbocycles. The van der Waals surface area contributed by atoms with Gasteiger partial charge in [0.25, 0.3) is 5.91 Å². The van der Waals surface area contributed by atoms with Crippen molar-refractivity contribution in [2.24, 2.45) is 7.05 Å². The van der Waals surface area contributed by atoms with Crippen molar-refractivity contribution in [3.05, 3.63) is 126 Å². The molecule has 0 spiro atoms. The van der Waals surface area contributed by atoms with Crippen LogP contribution in [0.15, 0.2) is 103 Å². The van der Waals surface area contributed by atoms with E-state index in [1.807, 2.05) is 48.0 Å². The highest BCUT2D eigenvalue weighted by Gasteiger charge is 2.20. The molecule has 0 radical (unpaired) electrons. The van der Waals surface area contributed by atoms with Gasteiger partial charge in [-0.2, -0.15) is 0 Å². The summed E-state index contributed by atoms with van der Waals surface area (Å²) < 4.78 is 22.1. The first-order valence-electron chi connectivity index (χ1n) is 12.4. The second kappa shape index (κ2) is 11.1. The molecular weight excluding hydrogens is 493 g/mol. The van der Waals surface area contributed by atoms with Crippen LogP contribution in [0.4, 0.5) is 10.1 Å². The maximum absolute atomic E-state index is 15.5. The second-order valence-electron chi connectivity index (χ2n) is 9.07. The van der Waals surface area contributed by atoms with Gasteiger partial charge in [-0.25, -0.2) is 14.2 Å². The van der Waals surface area contributed by atoms with Gasteiger partial charge in [0.2, 0.25) is 0 Å². The van der Waals surface area contributed by atoms with E-state index in [2.05, 4.69) is 9.72 Å². The fourth-order valence-corrected chi connectivity index (χ4v) is 4.39. The largest absolute Gasteiger partial charge is 0.466 e. The van der Waals surface area contributed by atoms with Crippen LogP contribution >= 0.6 is 0 Å². The number of anilines is 1. The molecule has 0 atom stereocenters. The molecule has 7 heteroatoms. The number of hydrogen-bond acceptors (Lipinski definition) is 4. The number of carbonyl (C=O) groups excluding carboxylic acids is 2. The fourth-order valence-electron chi connectivity index (χ4n) is 4.39. The van der Waals surface area contributed by atoms with Crippen molar-refractivity contribution in [3.63, 3.8) is 0 Å². The van der Waals surface area contributed by atoms with E-state index >= 15 is 4.39 Å². The monoisotopic (exact) mass is 519 g/mol. The van der Waals surface area contributed by atoms with Gasteiger partial charge in [-0.3, -0.25) is 4.79 Å². The van der Waals surface area contributed by atoms with Gasteiger partial charge >= 0.3 is 5.97 Å². The Morgan fingerprint density at radius 3 is 2.49 bits per heavy atom. The highest BCUT2D eigenvalue weighted by Crippen LogP contribution is 2.28. The Balaban J connectivity index is 1.48. The first kappa shape index (κ1) is 25.6. The van der Waals surface area contributed by atoms with Crippen LogP contribution in [-0.2, 0) is 23.1 Å². The average molecular weight is 520 g/mol. The zero-order chi connectivity index (χ0) is 27.4. The van der Waals surface area contributed by atoms with Crippen molar-refractivity contribution in [1.29, 1.82) is 0 Å². The van der Waals surface area contributed by atoms with Crippen LogP contribution in [0, 0.1) is 5.82 Å². The zero-order valence-electron chi connectivity index (χ0n) is 21.5. The number of hydrogen-bond donors (Lipinski definition) is 0. The smallest absolute Gasteiger partial charge is 0.330 e. The molecule has 1 aromatic heterocycles. The molecule has 194 valence electrons. The Bertz CT molecular complexity index is 1690. The molecule has 0 fully saturated rings. The number of aryl methyl sites for hydroxylation is 1. The summed E-state index contributed by atoms with van der Waals surface area (Å²) in [5.41, 5.74) is 5.53. The second-order valence-corrected chi connectivity index (χ2v) is 9.07. The number of benzene rings is 4. The molecular formula is C32H26FN3O3.